The Morgan fingerprint density at radius 2 is 2.17 bits per heavy atom. The molecule has 0 N–H and O–H groups in total. The number of hydrogen-bond donors (Lipinski definition) is 0. The quantitative estimate of drug-likeness (QED) is 0.561. The molecule has 1 saturated heterocycles. The molecular weight excluding hydrogens is 345 g/mol. The highest BCUT2D eigenvalue weighted by molar-refractivity contribution is 8.26. The number of amides is 1. The molecule has 0 bridgehead atoms. The zero-order valence-electron chi connectivity index (χ0n) is 13.3. The number of halogens is 1. The van der Waals surface area contributed by atoms with Crippen molar-refractivity contribution in [2.24, 2.45) is 0 Å². The molecule has 0 aliphatic carbocycles. The number of thioether (sulfide) groups is 1. The van der Waals surface area contributed by atoms with Crippen LogP contribution in [0.1, 0.15) is 26.0 Å². The van der Waals surface area contributed by atoms with Gasteiger partial charge in [-0.1, -0.05) is 43.0 Å². The summed E-state index contributed by atoms with van der Waals surface area (Å²) in [6.07, 6.45) is 2.52. The smallest absolute Gasteiger partial charge is 0.266 e. The molecule has 1 aromatic carbocycles. The fourth-order valence-corrected chi connectivity index (χ4v) is 3.84. The van der Waals surface area contributed by atoms with E-state index in [4.69, 9.17) is 16.6 Å². The van der Waals surface area contributed by atoms with Crippen molar-refractivity contribution in [3.05, 3.63) is 52.9 Å². The van der Waals surface area contributed by atoms with E-state index in [-0.39, 0.29) is 17.8 Å². The van der Waals surface area contributed by atoms with Gasteiger partial charge in [0.05, 0.1) is 4.91 Å². The first kappa shape index (κ1) is 16.9. The van der Waals surface area contributed by atoms with Gasteiger partial charge in [0, 0.05) is 17.7 Å². The number of nitrogens with zero attached hydrogens (tertiary/aromatic N) is 1. The summed E-state index contributed by atoms with van der Waals surface area (Å²) in [5.41, 5.74) is 0.654. The van der Waals surface area contributed by atoms with E-state index in [0.29, 0.717) is 26.3 Å². The summed E-state index contributed by atoms with van der Waals surface area (Å²) in [6, 6.07) is 9.78. The number of furan rings is 1. The second kappa shape index (κ2) is 6.91. The van der Waals surface area contributed by atoms with E-state index < -0.39 is 0 Å². The number of hydrogen-bond acceptors (Lipinski definition) is 4. The third-order valence-corrected chi connectivity index (χ3v) is 5.19. The maximum atomic E-state index is 13.3. The monoisotopic (exact) mass is 361 g/mol. The number of carbonyl (C=O) groups excluding carboxylic acids is 1. The van der Waals surface area contributed by atoms with Crippen LogP contribution in [0.15, 0.2) is 45.7 Å². The summed E-state index contributed by atoms with van der Waals surface area (Å²) in [7, 11) is 0. The minimum absolute atomic E-state index is 0.0721. The molecule has 0 radical (unpaired) electrons. The standard InChI is InChI=1S/C18H16FNO2S2/c1-3-11(2)20-17(21)16(24-18(20)23)10-14-7-8-15(22-14)12-5-4-6-13(19)9-12/h4-11H,3H2,1-2H3/b16-10+/t11-/m1/s1. The van der Waals surface area contributed by atoms with Crippen LogP contribution in [0.25, 0.3) is 17.4 Å². The van der Waals surface area contributed by atoms with Crippen LogP contribution in [-0.4, -0.2) is 21.2 Å². The van der Waals surface area contributed by atoms with Gasteiger partial charge in [0.15, 0.2) is 0 Å². The summed E-state index contributed by atoms with van der Waals surface area (Å²) in [5.74, 6) is 0.681. The van der Waals surface area contributed by atoms with Crippen LogP contribution in [0, 0.1) is 5.82 Å². The number of rotatable bonds is 4. The van der Waals surface area contributed by atoms with E-state index in [1.165, 1.54) is 23.9 Å². The number of carbonyl (C=O) groups is 1. The minimum Gasteiger partial charge on any atom is -0.457 e. The van der Waals surface area contributed by atoms with Crippen molar-refractivity contribution in [3.63, 3.8) is 0 Å². The van der Waals surface area contributed by atoms with Gasteiger partial charge in [-0.25, -0.2) is 4.39 Å². The van der Waals surface area contributed by atoms with Crippen molar-refractivity contribution >= 4 is 40.3 Å². The fraction of sp³-hybridized carbons (Fsp3) is 0.222. The van der Waals surface area contributed by atoms with E-state index >= 15 is 0 Å². The highest BCUT2D eigenvalue weighted by atomic mass is 32.2. The van der Waals surface area contributed by atoms with E-state index in [1.54, 1.807) is 35.2 Å². The Hall–Kier alpha value is -1.92. The predicted molar refractivity (Wildman–Crippen MR) is 98.9 cm³/mol. The van der Waals surface area contributed by atoms with Gasteiger partial charge < -0.3 is 4.42 Å². The van der Waals surface area contributed by atoms with Gasteiger partial charge in [-0.2, -0.15) is 0 Å². The molecule has 0 saturated carbocycles. The van der Waals surface area contributed by atoms with Crippen LogP contribution in [0.5, 0.6) is 0 Å². The zero-order valence-corrected chi connectivity index (χ0v) is 14.9. The molecular formula is C18H16FNO2S2. The van der Waals surface area contributed by atoms with E-state index in [9.17, 15) is 9.18 Å². The van der Waals surface area contributed by atoms with Gasteiger partial charge in [-0.05, 0) is 37.6 Å². The first-order chi connectivity index (χ1) is 11.5. The zero-order chi connectivity index (χ0) is 17.3. The van der Waals surface area contributed by atoms with Crippen LogP contribution >= 0.6 is 24.0 Å². The largest absolute Gasteiger partial charge is 0.457 e. The molecule has 1 atom stereocenters. The molecule has 1 aromatic heterocycles. The van der Waals surface area contributed by atoms with Crippen molar-refractivity contribution < 1.29 is 13.6 Å². The maximum absolute atomic E-state index is 13.3. The Kier molecular flexibility index (Phi) is 4.87. The lowest BCUT2D eigenvalue weighted by Crippen LogP contribution is -2.36. The van der Waals surface area contributed by atoms with Crippen molar-refractivity contribution in [2.45, 2.75) is 26.3 Å². The topological polar surface area (TPSA) is 33.5 Å². The van der Waals surface area contributed by atoms with Gasteiger partial charge in [-0.15, -0.1) is 0 Å². The first-order valence-corrected chi connectivity index (χ1v) is 8.85. The van der Waals surface area contributed by atoms with E-state index in [1.807, 2.05) is 13.8 Å². The highest BCUT2D eigenvalue weighted by Gasteiger charge is 2.34. The highest BCUT2D eigenvalue weighted by Crippen LogP contribution is 2.35. The summed E-state index contributed by atoms with van der Waals surface area (Å²) >= 11 is 6.58. The molecule has 124 valence electrons. The van der Waals surface area contributed by atoms with Gasteiger partial charge in [0.25, 0.3) is 5.91 Å². The van der Waals surface area contributed by atoms with Gasteiger partial charge in [0.1, 0.15) is 21.7 Å². The summed E-state index contributed by atoms with van der Waals surface area (Å²) < 4.78 is 19.6. The molecule has 0 spiro atoms. The van der Waals surface area contributed by atoms with Crippen molar-refractivity contribution in [1.29, 1.82) is 0 Å². The van der Waals surface area contributed by atoms with Gasteiger partial charge in [0.2, 0.25) is 0 Å². The lowest BCUT2D eigenvalue weighted by Gasteiger charge is -2.21. The van der Waals surface area contributed by atoms with Gasteiger partial charge >= 0.3 is 0 Å². The Bertz CT molecular complexity index is 828. The average Bonchev–Trinajstić information content (AvgIpc) is 3.12. The predicted octanol–water partition coefficient (Wildman–Crippen LogP) is 5.09. The van der Waals surface area contributed by atoms with Crippen LogP contribution in [-0.2, 0) is 4.79 Å². The molecule has 2 heterocycles. The van der Waals surface area contributed by atoms with Crippen LogP contribution in [0.4, 0.5) is 4.39 Å². The molecule has 0 unspecified atom stereocenters. The molecule has 1 aliphatic heterocycles. The minimum atomic E-state index is -0.320. The normalized spacial score (nSPS) is 17.8. The van der Waals surface area contributed by atoms with Crippen molar-refractivity contribution in [2.75, 3.05) is 0 Å². The molecule has 2 aromatic rings. The Morgan fingerprint density at radius 1 is 1.38 bits per heavy atom. The summed E-state index contributed by atoms with van der Waals surface area (Å²) in [4.78, 5) is 14.7. The molecule has 3 rings (SSSR count). The Morgan fingerprint density at radius 3 is 2.88 bits per heavy atom. The third kappa shape index (κ3) is 3.30. The Labute approximate surface area is 149 Å². The van der Waals surface area contributed by atoms with Crippen LogP contribution < -0.4 is 0 Å². The van der Waals surface area contributed by atoms with Crippen LogP contribution in [0.3, 0.4) is 0 Å². The Balaban J connectivity index is 1.85. The second-order valence-electron chi connectivity index (χ2n) is 5.52. The van der Waals surface area contributed by atoms with Crippen LogP contribution in [0.2, 0.25) is 0 Å². The molecule has 6 heteroatoms. The van der Waals surface area contributed by atoms with Gasteiger partial charge in [-0.3, -0.25) is 9.69 Å². The average molecular weight is 361 g/mol. The molecule has 24 heavy (non-hydrogen) atoms. The first-order valence-electron chi connectivity index (χ1n) is 7.62. The number of thiocarbonyl (C=S) groups is 1. The lowest BCUT2D eigenvalue weighted by atomic mass is 10.2. The second-order valence-corrected chi connectivity index (χ2v) is 7.20. The molecule has 1 aliphatic rings. The van der Waals surface area contributed by atoms with E-state index in [0.717, 1.165) is 6.42 Å². The summed E-state index contributed by atoms with van der Waals surface area (Å²) in [6.45, 7) is 3.99. The van der Waals surface area contributed by atoms with Crippen molar-refractivity contribution in [1.82, 2.24) is 4.90 Å². The van der Waals surface area contributed by atoms with E-state index in [2.05, 4.69) is 0 Å². The van der Waals surface area contributed by atoms with Crippen molar-refractivity contribution in [3.8, 4) is 11.3 Å². The molecule has 3 nitrogen and oxygen atoms in total. The molecule has 1 amide bonds. The third-order valence-electron chi connectivity index (χ3n) is 3.86. The summed E-state index contributed by atoms with van der Waals surface area (Å²) in [5, 5.41) is 0. The number of benzene rings is 1. The molecule has 1 fully saturated rings. The lowest BCUT2D eigenvalue weighted by molar-refractivity contribution is -0.123. The fourth-order valence-electron chi connectivity index (χ4n) is 2.40. The maximum Gasteiger partial charge on any atom is 0.266 e. The SMILES string of the molecule is CC[C@@H](C)N1C(=O)/C(=C\c2ccc(-c3cccc(F)c3)o2)SC1=S.